The second-order valence-electron chi connectivity index (χ2n) is 4.27. The Balaban J connectivity index is 2.55. The van der Waals surface area contributed by atoms with Gasteiger partial charge in [0.15, 0.2) is 0 Å². The molecule has 0 saturated carbocycles. The van der Waals surface area contributed by atoms with Crippen molar-refractivity contribution in [3.8, 4) is 0 Å². The monoisotopic (exact) mass is 203 g/mol. The minimum Gasteiger partial charge on any atom is -0.355 e. The zero-order chi connectivity index (χ0) is 10.8. The van der Waals surface area contributed by atoms with Gasteiger partial charge in [-0.15, -0.1) is 0 Å². The highest BCUT2D eigenvalue weighted by molar-refractivity contribution is 5.84. The molecular formula is C13H19N2+. The van der Waals surface area contributed by atoms with Crippen molar-refractivity contribution in [2.45, 2.75) is 32.9 Å². The molecule has 1 aromatic heterocycles. The number of rotatable bonds is 3. The van der Waals surface area contributed by atoms with Crippen LogP contribution in [0, 0.1) is 0 Å². The van der Waals surface area contributed by atoms with Crippen LogP contribution in [-0.2, 0) is 13.0 Å². The fourth-order valence-electron chi connectivity index (χ4n) is 2.12. The molecule has 2 aromatic rings. The van der Waals surface area contributed by atoms with E-state index in [9.17, 15) is 0 Å². The Morgan fingerprint density at radius 3 is 2.73 bits per heavy atom. The van der Waals surface area contributed by atoms with E-state index in [0.29, 0.717) is 6.04 Å². The van der Waals surface area contributed by atoms with E-state index in [-0.39, 0.29) is 0 Å². The largest absolute Gasteiger partial charge is 0.355 e. The topological polar surface area (TPSA) is 32.6 Å². The normalized spacial score (nSPS) is 13.3. The van der Waals surface area contributed by atoms with Gasteiger partial charge in [0, 0.05) is 30.1 Å². The summed E-state index contributed by atoms with van der Waals surface area (Å²) in [6, 6.07) is 9.09. The third-order valence-corrected chi connectivity index (χ3v) is 2.78. The van der Waals surface area contributed by atoms with Crippen LogP contribution in [0.5, 0.6) is 0 Å². The van der Waals surface area contributed by atoms with Gasteiger partial charge >= 0.3 is 0 Å². The van der Waals surface area contributed by atoms with Gasteiger partial charge in [0.05, 0.1) is 6.04 Å². The lowest BCUT2D eigenvalue weighted by Gasteiger charge is -1.99. The summed E-state index contributed by atoms with van der Waals surface area (Å²) in [6.45, 7) is 5.38. The van der Waals surface area contributed by atoms with Gasteiger partial charge in [0.1, 0.15) is 0 Å². The van der Waals surface area contributed by atoms with Crippen molar-refractivity contribution in [3.05, 3.63) is 36.0 Å². The van der Waals surface area contributed by atoms with Crippen molar-refractivity contribution in [1.29, 1.82) is 0 Å². The lowest BCUT2D eigenvalue weighted by Crippen LogP contribution is -2.60. The second kappa shape index (κ2) is 4.07. The molecule has 0 unspecified atom stereocenters. The summed E-state index contributed by atoms with van der Waals surface area (Å²) >= 11 is 0. The number of aromatic nitrogens is 1. The molecule has 0 radical (unpaired) electrons. The van der Waals surface area contributed by atoms with Crippen LogP contribution in [0.1, 0.15) is 19.4 Å². The van der Waals surface area contributed by atoms with Crippen LogP contribution in [0.3, 0.4) is 0 Å². The lowest BCUT2D eigenvalue weighted by molar-refractivity contribution is -0.413. The summed E-state index contributed by atoms with van der Waals surface area (Å²) in [4.78, 5) is 0. The molecule has 1 atom stereocenters. The summed E-state index contributed by atoms with van der Waals surface area (Å²) in [7, 11) is 0. The van der Waals surface area contributed by atoms with Crippen LogP contribution >= 0.6 is 0 Å². The third-order valence-electron chi connectivity index (χ3n) is 2.78. The van der Waals surface area contributed by atoms with E-state index >= 15 is 0 Å². The van der Waals surface area contributed by atoms with Crippen LogP contribution in [0.4, 0.5) is 0 Å². The predicted octanol–water partition coefficient (Wildman–Crippen LogP) is 1.83. The van der Waals surface area contributed by atoms with Crippen molar-refractivity contribution in [2.24, 2.45) is 0 Å². The van der Waals surface area contributed by atoms with Crippen LogP contribution in [0.2, 0.25) is 0 Å². The van der Waals surface area contributed by atoms with Gasteiger partial charge in [-0.3, -0.25) is 0 Å². The van der Waals surface area contributed by atoms with Crippen molar-refractivity contribution >= 4 is 10.9 Å². The average Bonchev–Trinajstić information content (AvgIpc) is 2.56. The number of quaternary nitrogens is 1. The summed E-state index contributed by atoms with van der Waals surface area (Å²) in [6.07, 6.45) is 3.33. The lowest BCUT2D eigenvalue weighted by atomic mass is 10.1. The molecule has 0 aliphatic rings. The Bertz CT molecular complexity index is 455. The maximum Gasteiger partial charge on any atom is 0.0856 e. The summed E-state index contributed by atoms with van der Waals surface area (Å²) in [5, 5.41) is 1.38. The highest BCUT2D eigenvalue weighted by Gasteiger charge is 2.09. The van der Waals surface area contributed by atoms with Crippen LogP contribution < -0.4 is 5.73 Å². The molecule has 1 heterocycles. The minimum atomic E-state index is 0.473. The number of para-hydroxylation sites is 1. The predicted molar refractivity (Wildman–Crippen MR) is 63.7 cm³/mol. The number of hydrogen-bond acceptors (Lipinski definition) is 0. The molecule has 0 fully saturated rings. The van der Waals surface area contributed by atoms with Crippen LogP contribution in [0.15, 0.2) is 30.5 Å². The first-order valence-corrected chi connectivity index (χ1v) is 5.62. The number of benzene rings is 1. The molecule has 0 aliphatic heterocycles. The average molecular weight is 203 g/mol. The molecule has 15 heavy (non-hydrogen) atoms. The molecule has 0 aliphatic carbocycles. The molecule has 2 heteroatoms. The van der Waals surface area contributed by atoms with Gasteiger partial charge in [-0.25, -0.2) is 0 Å². The van der Waals surface area contributed by atoms with E-state index in [4.69, 9.17) is 0 Å². The molecular weight excluding hydrogens is 184 g/mol. The molecule has 0 saturated heterocycles. The first kappa shape index (κ1) is 10.2. The number of fused-ring (bicyclic) bond motifs is 1. The van der Waals surface area contributed by atoms with Crippen molar-refractivity contribution in [1.82, 2.24) is 4.57 Å². The van der Waals surface area contributed by atoms with Crippen molar-refractivity contribution in [2.75, 3.05) is 0 Å². The summed E-state index contributed by atoms with van der Waals surface area (Å²) in [5.74, 6) is 0. The molecule has 0 spiro atoms. The molecule has 2 rings (SSSR count). The first-order valence-electron chi connectivity index (χ1n) is 5.62. The van der Waals surface area contributed by atoms with Gasteiger partial charge in [0.25, 0.3) is 0 Å². The second-order valence-corrected chi connectivity index (χ2v) is 4.27. The van der Waals surface area contributed by atoms with Gasteiger partial charge in [-0.1, -0.05) is 18.2 Å². The maximum absolute atomic E-state index is 4.07. The highest BCUT2D eigenvalue weighted by atomic mass is 14.9. The molecule has 0 amide bonds. The van der Waals surface area contributed by atoms with Gasteiger partial charge in [-0.05, 0) is 25.5 Å². The molecule has 80 valence electrons. The van der Waals surface area contributed by atoms with E-state index < -0.39 is 0 Å². The number of aryl methyl sites for hydroxylation is 1. The number of hydrogen-bond donors (Lipinski definition) is 1. The Labute approximate surface area is 90.7 Å². The van der Waals surface area contributed by atoms with Gasteiger partial charge in [0.2, 0.25) is 0 Å². The smallest absolute Gasteiger partial charge is 0.0856 e. The molecule has 3 N–H and O–H groups in total. The third kappa shape index (κ3) is 1.90. The zero-order valence-corrected chi connectivity index (χ0v) is 9.53. The van der Waals surface area contributed by atoms with E-state index in [1.54, 1.807) is 0 Å². The van der Waals surface area contributed by atoms with E-state index in [1.165, 1.54) is 16.5 Å². The Morgan fingerprint density at radius 1 is 1.33 bits per heavy atom. The Kier molecular flexibility index (Phi) is 2.78. The van der Waals surface area contributed by atoms with E-state index in [1.807, 2.05) is 0 Å². The molecule has 0 bridgehead atoms. The number of nitrogens with zero attached hydrogens (tertiary/aromatic N) is 1. The first-order chi connectivity index (χ1) is 7.22. The van der Waals surface area contributed by atoms with Gasteiger partial charge < -0.3 is 10.3 Å². The molecule has 1 aromatic carbocycles. The minimum absolute atomic E-state index is 0.473. The van der Waals surface area contributed by atoms with Gasteiger partial charge in [-0.2, -0.15) is 0 Å². The summed E-state index contributed by atoms with van der Waals surface area (Å²) in [5.41, 5.74) is 6.84. The van der Waals surface area contributed by atoms with E-state index in [0.717, 1.165) is 13.0 Å². The van der Waals surface area contributed by atoms with Crippen molar-refractivity contribution < 1.29 is 5.73 Å². The zero-order valence-electron chi connectivity index (χ0n) is 9.53. The van der Waals surface area contributed by atoms with E-state index in [2.05, 4.69) is 54.6 Å². The summed E-state index contributed by atoms with van der Waals surface area (Å²) < 4.78 is 2.31. The van der Waals surface area contributed by atoms with Crippen LogP contribution in [0.25, 0.3) is 10.9 Å². The van der Waals surface area contributed by atoms with Crippen molar-refractivity contribution in [3.63, 3.8) is 0 Å². The highest BCUT2D eigenvalue weighted by Crippen LogP contribution is 2.21. The fourth-order valence-corrected chi connectivity index (χ4v) is 2.12. The maximum atomic E-state index is 4.07. The standard InChI is InChI=1S/C13H18N2/c1-3-15-9-11(8-10(2)14)12-6-4-5-7-13(12)15/h4-7,9-10H,3,8,14H2,1-2H3/p+1/t10-/m0/s1. The molecule has 2 nitrogen and oxygen atoms in total. The SMILES string of the molecule is CCn1cc(C[C@H](C)[NH3+])c2ccccc21. The Morgan fingerprint density at radius 2 is 2.07 bits per heavy atom. The quantitative estimate of drug-likeness (QED) is 0.789. The Hall–Kier alpha value is -1.28. The van der Waals surface area contributed by atoms with Crippen LogP contribution in [-0.4, -0.2) is 10.6 Å². The fraction of sp³-hybridized carbons (Fsp3) is 0.385.